The van der Waals surface area contributed by atoms with Crippen molar-refractivity contribution in [2.75, 3.05) is 17.6 Å². The van der Waals surface area contributed by atoms with Gasteiger partial charge in [-0.25, -0.2) is 0 Å². The molecule has 1 aliphatic carbocycles. The molecule has 6 heteroatoms. The third-order valence-corrected chi connectivity index (χ3v) is 5.04. The van der Waals surface area contributed by atoms with Gasteiger partial charge in [-0.1, -0.05) is 5.10 Å². The molecule has 0 radical (unpaired) electrons. The molecule has 100 valence electrons. The molecular weight excluding hydrogens is 248 g/mol. The summed E-state index contributed by atoms with van der Waals surface area (Å²) in [5, 5.41) is 14.7. The first-order valence-electron chi connectivity index (χ1n) is 6.67. The van der Waals surface area contributed by atoms with E-state index in [-0.39, 0.29) is 0 Å². The van der Waals surface area contributed by atoms with Crippen molar-refractivity contribution in [3.63, 3.8) is 0 Å². The molecule has 2 fully saturated rings. The van der Waals surface area contributed by atoms with Gasteiger partial charge >= 0.3 is 6.01 Å². The SMILES string of the molecule is CC1(CNc2nnc(CNC3CC3)o2)CCCS1. The van der Waals surface area contributed by atoms with Crippen molar-refractivity contribution in [3.05, 3.63) is 5.89 Å². The van der Waals surface area contributed by atoms with Gasteiger partial charge in [0.25, 0.3) is 0 Å². The van der Waals surface area contributed by atoms with E-state index < -0.39 is 0 Å². The molecule has 5 nitrogen and oxygen atoms in total. The molecule has 0 aromatic carbocycles. The zero-order valence-electron chi connectivity index (χ0n) is 10.7. The lowest BCUT2D eigenvalue weighted by molar-refractivity contribution is 0.473. The van der Waals surface area contributed by atoms with E-state index in [4.69, 9.17) is 4.42 Å². The van der Waals surface area contributed by atoms with Crippen LogP contribution in [0.5, 0.6) is 0 Å². The van der Waals surface area contributed by atoms with Crippen LogP contribution in [0.25, 0.3) is 0 Å². The molecule has 1 unspecified atom stereocenters. The molecule has 0 spiro atoms. The molecule has 18 heavy (non-hydrogen) atoms. The zero-order chi connectivity index (χ0) is 12.4. The Balaban J connectivity index is 1.46. The Kier molecular flexibility index (Phi) is 3.48. The maximum atomic E-state index is 5.56. The van der Waals surface area contributed by atoms with Crippen LogP contribution in [0, 0.1) is 0 Å². The van der Waals surface area contributed by atoms with E-state index >= 15 is 0 Å². The molecule has 1 saturated heterocycles. The molecule has 2 N–H and O–H groups in total. The Morgan fingerprint density at radius 1 is 1.44 bits per heavy atom. The summed E-state index contributed by atoms with van der Waals surface area (Å²) in [6.45, 7) is 3.88. The number of anilines is 1. The lowest BCUT2D eigenvalue weighted by atomic mass is 10.1. The number of rotatable bonds is 6. The van der Waals surface area contributed by atoms with E-state index in [1.807, 2.05) is 11.8 Å². The van der Waals surface area contributed by atoms with Crippen LogP contribution in [0.2, 0.25) is 0 Å². The Labute approximate surface area is 111 Å². The first kappa shape index (κ1) is 12.3. The second kappa shape index (κ2) is 5.09. The lowest BCUT2D eigenvalue weighted by Gasteiger charge is -2.21. The van der Waals surface area contributed by atoms with Gasteiger partial charge in [-0.05, 0) is 38.4 Å². The third-order valence-electron chi connectivity index (χ3n) is 3.50. The van der Waals surface area contributed by atoms with Gasteiger partial charge in [0.1, 0.15) is 0 Å². The minimum atomic E-state index is 0.320. The minimum absolute atomic E-state index is 0.320. The van der Waals surface area contributed by atoms with Crippen LogP contribution in [0.3, 0.4) is 0 Å². The first-order valence-corrected chi connectivity index (χ1v) is 7.66. The Hall–Kier alpha value is -0.750. The summed E-state index contributed by atoms with van der Waals surface area (Å²) in [5.41, 5.74) is 0. The quantitative estimate of drug-likeness (QED) is 0.823. The second-order valence-corrected chi connectivity index (χ2v) is 7.09. The third kappa shape index (κ3) is 3.17. The van der Waals surface area contributed by atoms with E-state index in [0.717, 1.165) is 6.54 Å². The molecular formula is C12H20N4OS. The molecule has 2 aliphatic rings. The largest absolute Gasteiger partial charge is 0.407 e. The molecule has 0 bridgehead atoms. The van der Waals surface area contributed by atoms with Gasteiger partial charge in [-0.3, -0.25) is 0 Å². The van der Waals surface area contributed by atoms with Crippen molar-refractivity contribution >= 4 is 17.8 Å². The Bertz CT molecular complexity index is 399. The van der Waals surface area contributed by atoms with Crippen LogP contribution in [0.1, 0.15) is 38.5 Å². The summed E-state index contributed by atoms with van der Waals surface area (Å²) < 4.78 is 5.88. The average Bonchev–Trinajstić information content (AvgIpc) is 2.91. The van der Waals surface area contributed by atoms with Gasteiger partial charge in [-0.15, -0.1) is 5.10 Å². The highest BCUT2D eigenvalue weighted by Gasteiger charge is 2.29. The molecule has 1 aromatic rings. The van der Waals surface area contributed by atoms with Gasteiger partial charge in [0.2, 0.25) is 5.89 Å². The highest BCUT2D eigenvalue weighted by atomic mass is 32.2. The normalized spacial score (nSPS) is 27.6. The second-order valence-electron chi connectivity index (χ2n) is 5.41. The summed E-state index contributed by atoms with van der Waals surface area (Å²) in [7, 11) is 0. The number of thioether (sulfide) groups is 1. The summed E-state index contributed by atoms with van der Waals surface area (Å²) in [6, 6.07) is 1.22. The predicted molar refractivity (Wildman–Crippen MR) is 72.7 cm³/mol. The summed E-state index contributed by atoms with van der Waals surface area (Å²) in [4.78, 5) is 0. The van der Waals surface area contributed by atoms with Crippen molar-refractivity contribution in [2.45, 2.75) is 49.9 Å². The van der Waals surface area contributed by atoms with Crippen LogP contribution in [-0.4, -0.2) is 33.3 Å². The molecule has 1 saturated carbocycles. The number of hydrogen-bond acceptors (Lipinski definition) is 6. The fourth-order valence-electron chi connectivity index (χ4n) is 2.15. The van der Waals surface area contributed by atoms with Crippen LogP contribution in [0.4, 0.5) is 6.01 Å². The fourth-order valence-corrected chi connectivity index (χ4v) is 3.40. The Morgan fingerprint density at radius 2 is 2.33 bits per heavy atom. The van der Waals surface area contributed by atoms with Crippen LogP contribution < -0.4 is 10.6 Å². The van der Waals surface area contributed by atoms with E-state index in [9.17, 15) is 0 Å². The van der Waals surface area contributed by atoms with Gasteiger partial charge < -0.3 is 15.1 Å². The summed E-state index contributed by atoms with van der Waals surface area (Å²) >= 11 is 2.03. The highest BCUT2D eigenvalue weighted by Crippen LogP contribution is 2.37. The van der Waals surface area contributed by atoms with E-state index in [2.05, 4.69) is 27.8 Å². The van der Waals surface area contributed by atoms with Gasteiger partial charge in [0, 0.05) is 17.3 Å². The van der Waals surface area contributed by atoms with Crippen molar-refractivity contribution in [1.82, 2.24) is 15.5 Å². The average molecular weight is 268 g/mol. The topological polar surface area (TPSA) is 63.0 Å². The van der Waals surface area contributed by atoms with E-state index in [1.165, 1.54) is 31.4 Å². The molecule has 0 amide bonds. The van der Waals surface area contributed by atoms with Gasteiger partial charge in [0.15, 0.2) is 0 Å². The standard InChI is InChI=1S/C12H20N4OS/c1-12(5-2-6-18-12)8-14-11-16-15-10(17-11)7-13-9-3-4-9/h9,13H,2-8H2,1H3,(H,14,16). The van der Waals surface area contributed by atoms with Crippen molar-refractivity contribution in [3.8, 4) is 0 Å². The molecule has 3 rings (SSSR count). The van der Waals surface area contributed by atoms with E-state index in [0.29, 0.717) is 29.2 Å². The summed E-state index contributed by atoms with van der Waals surface area (Å²) in [5.74, 6) is 1.94. The van der Waals surface area contributed by atoms with E-state index in [1.54, 1.807) is 0 Å². The zero-order valence-corrected chi connectivity index (χ0v) is 11.6. The van der Waals surface area contributed by atoms with Gasteiger partial charge in [-0.2, -0.15) is 11.8 Å². The maximum absolute atomic E-state index is 5.56. The monoisotopic (exact) mass is 268 g/mol. The fraction of sp³-hybridized carbons (Fsp3) is 0.833. The van der Waals surface area contributed by atoms with Gasteiger partial charge in [0.05, 0.1) is 6.54 Å². The Morgan fingerprint density at radius 3 is 3.06 bits per heavy atom. The number of nitrogens with one attached hydrogen (secondary N) is 2. The molecule has 1 aromatic heterocycles. The van der Waals surface area contributed by atoms with Crippen molar-refractivity contribution in [1.29, 1.82) is 0 Å². The number of hydrogen-bond donors (Lipinski definition) is 2. The minimum Gasteiger partial charge on any atom is -0.407 e. The highest BCUT2D eigenvalue weighted by molar-refractivity contribution is 8.00. The van der Waals surface area contributed by atoms with Crippen LogP contribution in [-0.2, 0) is 6.54 Å². The van der Waals surface area contributed by atoms with Crippen LogP contribution >= 0.6 is 11.8 Å². The molecule has 1 atom stereocenters. The van der Waals surface area contributed by atoms with Crippen LogP contribution in [0.15, 0.2) is 4.42 Å². The summed E-state index contributed by atoms with van der Waals surface area (Å²) in [6.07, 6.45) is 5.11. The first-order chi connectivity index (χ1) is 8.73. The molecule has 2 heterocycles. The maximum Gasteiger partial charge on any atom is 0.315 e. The number of nitrogens with zero attached hydrogens (tertiary/aromatic N) is 2. The number of aromatic nitrogens is 2. The predicted octanol–water partition coefficient (Wildman–Crippen LogP) is 2.02. The molecule has 1 aliphatic heterocycles. The van der Waals surface area contributed by atoms with Crippen molar-refractivity contribution < 1.29 is 4.42 Å². The smallest absolute Gasteiger partial charge is 0.315 e. The van der Waals surface area contributed by atoms with Crippen molar-refractivity contribution in [2.24, 2.45) is 0 Å². The lowest BCUT2D eigenvalue weighted by Crippen LogP contribution is -2.27.